The van der Waals surface area contributed by atoms with Crippen molar-refractivity contribution in [1.29, 1.82) is 5.26 Å². The zero-order valence-corrected chi connectivity index (χ0v) is 13.6. The van der Waals surface area contributed by atoms with Crippen molar-refractivity contribution in [3.05, 3.63) is 58.6 Å². The number of nitrogens with zero attached hydrogens (tertiary/aromatic N) is 1. The predicted octanol–water partition coefficient (Wildman–Crippen LogP) is 4.44. The van der Waals surface area contributed by atoms with Crippen molar-refractivity contribution in [1.82, 2.24) is 0 Å². The van der Waals surface area contributed by atoms with Gasteiger partial charge in [0.15, 0.2) is 0 Å². The van der Waals surface area contributed by atoms with E-state index in [-0.39, 0.29) is 5.91 Å². The largest absolute Gasteiger partial charge is 0.326 e. The molecule has 1 amide bonds. The third-order valence-electron chi connectivity index (χ3n) is 2.69. The number of nitrogens with one attached hydrogen (secondary N) is 1. The smallest absolute Gasteiger partial charge is 0.225 e. The molecule has 0 unspecified atom stereocenters. The number of rotatable bonds is 5. The third kappa shape index (κ3) is 5.25. The van der Waals surface area contributed by atoms with Crippen LogP contribution in [0.15, 0.2) is 57.9 Å². The number of hydrogen-bond acceptors (Lipinski definition) is 3. The molecule has 0 spiro atoms. The lowest BCUT2D eigenvalue weighted by molar-refractivity contribution is -0.115. The van der Waals surface area contributed by atoms with Gasteiger partial charge in [0, 0.05) is 27.2 Å². The molecule has 21 heavy (non-hydrogen) atoms. The van der Waals surface area contributed by atoms with E-state index >= 15 is 0 Å². The van der Waals surface area contributed by atoms with Crippen LogP contribution >= 0.6 is 27.7 Å². The van der Waals surface area contributed by atoms with E-state index in [1.165, 1.54) is 0 Å². The first kappa shape index (κ1) is 15.6. The number of carbonyl (C=O) groups excluding carboxylic acids is 1. The summed E-state index contributed by atoms with van der Waals surface area (Å²) in [6.07, 6.45) is 0.428. The number of halogens is 1. The molecule has 2 aromatic rings. The van der Waals surface area contributed by atoms with Crippen LogP contribution in [0.2, 0.25) is 0 Å². The Kier molecular flexibility index (Phi) is 5.85. The highest BCUT2D eigenvalue weighted by atomic mass is 79.9. The molecule has 0 saturated carbocycles. The fraction of sp³-hybridized carbons (Fsp3) is 0.125. The molecule has 2 rings (SSSR count). The molecule has 0 aliphatic carbocycles. The van der Waals surface area contributed by atoms with Crippen LogP contribution < -0.4 is 5.32 Å². The Bertz CT molecular complexity index is 665. The van der Waals surface area contributed by atoms with Crippen molar-refractivity contribution < 1.29 is 4.79 Å². The van der Waals surface area contributed by atoms with Gasteiger partial charge in [0.05, 0.1) is 11.6 Å². The molecule has 106 valence electrons. The van der Waals surface area contributed by atoms with Crippen LogP contribution in [0.3, 0.4) is 0 Å². The molecule has 0 radical (unpaired) electrons. The number of amides is 1. The molecular weight excluding hydrogens is 348 g/mol. The van der Waals surface area contributed by atoms with Crippen LogP contribution in [0, 0.1) is 11.3 Å². The zero-order valence-electron chi connectivity index (χ0n) is 11.2. The number of carbonyl (C=O) groups is 1. The molecule has 0 aliphatic heterocycles. The second-order valence-electron chi connectivity index (χ2n) is 4.29. The normalized spacial score (nSPS) is 9.90. The van der Waals surface area contributed by atoms with Gasteiger partial charge in [-0.25, -0.2) is 0 Å². The van der Waals surface area contributed by atoms with Crippen molar-refractivity contribution in [2.75, 3.05) is 11.1 Å². The molecule has 0 bridgehead atoms. The van der Waals surface area contributed by atoms with Crippen molar-refractivity contribution in [2.45, 2.75) is 11.3 Å². The summed E-state index contributed by atoms with van der Waals surface area (Å²) in [6.45, 7) is 0. The number of benzene rings is 2. The summed E-state index contributed by atoms with van der Waals surface area (Å²) >= 11 is 5.03. The molecule has 5 heteroatoms. The molecule has 0 atom stereocenters. The Labute approximate surface area is 136 Å². The van der Waals surface area contributed by atoms with Gasteiger partial charge in [0.2, 0.25) is 5.91 Å². The van der Waals surface area contributed by atoms with Gasteiger partial charge in [0.1, 0.15) is 0 Å². The summed E-state index contributed by atoms with van der Waals surface area (Å²) in [6, 6.07) is 17.0. The van der Waals surface area contributed by atoms with Crippen LogP contribution in [0.25, 0.3) is 0 Å². The van der Waals surface area contributed by atoms with E-state index in [0.29, 0.717) is 23.4 Å². The van der Waals surface area contributed by atoms with Gasteiger partial charge in [-0.2, -0.15) is 5.26 Å². The average molecular weight is 361 g/mol. The monoisotopic (exact) mass is 360 g/mol. The first-order valence-corrected chi connectivity index (χ1v) is 8.13. The zero-order chi connectivity index (χ0) is 15.1. The lowest BCUT2D eigenvalue weighted by Gasteiger charge is -2.05. The number of anilines is 1. The van der Waals surface area contributed by atoms with Crippen LogP contribution in [0.5, 0.6) is 0 Å². The molecular formula is C16H13BrN2OS. The van der Waals surface area contributed by atoms with E-state index < -0.39 is 0 Å². The second kappa shape index (κ2) is 7.87. The van der Waals surface area contributed by atoms with E-state index in [4.69, 9.17) is 5.26 Å². The van der Waals surface area contributed by atoms with Gasteiger partial charge in [-0.1, -0.05) is 22.0 Å². The summed E-state index contributed by atoms with van der Waals surface area (Å²) in [5, 5.41) is 11.6. The maximum atomic E-state index is 11.8. The van der Waals surface area contributed by atoms with Crippen LogP contribution in [-0.2, 0) is 4.79 Å². The third-order valence-corrected chi connectivity index (χ3v) is 4.23. The SMILES string of the molecule is N#Cc1cccc(NC(=O)CCSc2ccc(Br)cc2)c1. The minimum absolute atomic E-state index is 0.0466. The molecule has 0 aromatic heterocycles. The van der Waals surface area contributed by atoms with Crippen LogP contribution in [-0.4, -0.2) is 11.7 Å². The first-order valence-electron chi connectivity index (χ1n) is 6.36. The average Bonchev–Trinajstić information content (AvgIpc) is 2.49. The summed E-state index contributed by atoms with van der Waals surface area (Å²) < 4.78 is 1.04. The quantitative estimate of drug-likeness (QED) is 0.801. The number of thioether (sulfide) groups is 1. The van der Waals surface area contributed by atoms with E-state index in [0.717, 1.165) is 9.37 Å². The molecule has 0 saturated heterocycles. The highest BCUT2D eigenvalue weighted by molar-refractivity contribution is 9.10. The Morgan fingerprint density at radius 2 is 2.00 bits per heavy atom. The maximum absolute atomic E-state index is 11.8. The predicted molar refractivity (Wildman–Crippen MR) is 89.3 cm³/mol. The van der Waals surface area contributed by atoms with E-state index in [2.05, 4.69) is 27.3 Å². The Morgan fingerprint density at radius 3 is 2.71 bits per heavy atom. The van der Waals surface area contributed by atoms with Gasteiger partial charge >= 0.3 is 0 Å². The Balaban J connectivity index is 1.79. The summed E-state index contributed by atoms with van der Waals surface area (Å²) in [4.78, 5) is 13.0. The van der Waals surface area contributed by atoms with Gasteiger partial charge < -0.3 is 5.32 Å². The van der Waals surface area contributed by atoms with E-state index in [1.54, 1.807) is 36.0 Å². The fourth-order valence-corrected chi connectivity index (χ4v) is 2.80. The summed E-state index contributed by atoms with van der Waals surface area (Å²) in [7, 11) is 0. The lowest BCUT2D eigenvalue weighted by Crippen LogP contribution is -2.12. The highest BCUT2D eigenvalue weighted by Gasteiger charge is 2.04. The van der Waals surface area contributed by atoms with Gasteiger partial charge in [-0.05, 0) is 42.5 Å². The molecule has 0 fully saturated rings. The van der Waals surface area contributed by atoms with E-state index in [9.17, 15) is 4.79 Å². The first-order chi connectivity index (χ1) is 10.2. The van der Waals surface area contributed by atoms with Crippen molar-refractivity contribution in [3.63, 3.8) is 0 Å². The molecule has 0 heterocycles. The molecule has 1 N–H and O–H groups in total. The Hall–Kier alpha value is -1.77. The topological polar surface area (TPSA) is 52.9 Å². The van der Waals surface area contributed by atoms with Crippen LogP contribution in [0.1, 0.15) is 12.0 Å². The second-order valence-corrected chi connectivity index (χ2v) is 6.38. The molecule has 2 aromatic carbocycles. The standard InChI is InChI=1S/C16H13BrN2OS/c17-13-4-6-15(7-5-13)21-9-8-16(20)19-14-3-1-2-12(10-14)11-18/h1-7,10H,8-9H2,(H,19,20). The van der Waals surface area contributed by atoms with Crippen molar-refractivity contribution in [2.24, 2.45) is 0 Å². The highest BCUT2D eigenvalue weighted by Crippen LogP contribution is 2.21. The minimum Gasteiger partial charge on any atom is -0.326 e. The maximum Gasteiger partial charge on any atom is 0.225 e. The van der Waals surface area contributed by atoms with E-state index in [1.807, 2.05) is 24.3 Å². The fourth-order valence-electron chi connectivity index (χ4n) is 1.68. The minimum atomic E-state index is -0.0466. The number of nitriles is 1. The number of hydrogen-bond donors (Lipinski definition) is 1. The van der Waals surface area contributed by atoms with Crippen molar-refractivity contribution >= 4 is 39.3 Å². The summed E-state index contributed by atoms with van der Waals surface area (Å²) in [5.41, 5.74) is 1.20. The lowest BCUT2D eigenvalue weighted by atomic mass is 10.2. The molecule has 3 nitrogen and oxygen atoms in total. The van der Waals surface area contributed by atoms with Crippen molar-refractivity contribution in [3.8, 4) is 6.07 Å². The summed E-state index contributed by atoms with van der Waals surface area (Å²) in [5.74, 6) is 0.667. The van der Waals surface area contributed by atoms with Gasteiger partial charge in [-0.3, -0.25) is 4.79 Å². The Morgan fingerprint density at radius 1 is 1.24 bits per heavy atom. The van der Waals surface area contributed by atoms with Gasteiger partial charge in [0.25, 0.3) is 0 Å². The van der Waals surface area contributed by atoms with Crippen LogP contribution in [0.4, 0.5) is 5.69 Å². The molecule has 0 aliphatic rings. The van der Waals surface area contributed by atoms with Gasteiger partial charge in [-0.15, -0.1) is 11.8 Å².